The van der Waals surface area contributed by atoms with Crippen LogP contribution >= 0.6 is 15.9 Å². The number of hydrogen-bond acceptors (Lipinski definition) is 3. The van der Waals surface area contributed by atoms with Crippen molar-refractivity contribution >= 4 is 15.9 Å². The largest absolute Gasteiger partial charge is 0.573 e. The smallest absolute Gasteiger partial charge is 0.403 e. The zero-order chi connectivity index (χ0) is 15.6. The molecule has 0 N–H and O–H groups in total. The van der Waals surface area contributed by atoms with Crippen LogP contribution in [0.15, 0.2) is 6.07 Å². The van der Waals surface area contributed by atoms with Crippen molar-refractivity contribution in [1.29, 1.82) is 5.26 Å². The first-order chi connectivity index (χ1) is 9.08. The summed E-state index contributed by atoms with van der Waals surface area (Å²) in [6, 6.07) is 2.53. The lowest BCUT2D eigenvalue weighted by Gasteiger charge is -2.18. The second-order valence-electron chi connectivity index (χ2n) is 3.46. The molecule has 0 aliphatic carbocycles. The number of ether oxygens (including phenoxy) is 1. The molecule has 0 spiro atoms. The molecule has 0 amide bonds. The van der Waals surface area contributed by atoms with Gasteiger partial charge in [-0.05, 0) is 6.07 Å². The molecule has 0 bridgehead atoms. The number of nitriles is 1. The van der Waals surface area contributed by atoms with E-state index in [2.05, 4.69) is 25.7 Å². The first kappa shape index (κ1) is 16.6. The number of alkyl halides is 7. The fraction of sp³-hybridized carbons (Fsp3) is 0.400. The molecule has 0 aliphatic rings. The molecule has 1 aromatic rings. The van der Waals surface area contributed by atoms with Gasteiger partial charge < -0.3 is 4.74 Å². The highest BCUT2D eigenvalue weighted by Crippen LogP contribution is 2.40. The summed E-state index contributed by atoms with van der Waals surface area (Å²) < 4.78 is 78.2. The second-order valence-corrected chi connectivity index (χ2v) is 4.03. The van der Waals surface area contributed by atoms with Crippen molar-refractivity contribution in [2.75, 3.05) is 0 Å². The van der Waals surface area contributed by atoms with Crippen LogP contribution in [0.2, 0.25) is 0 Å². The Kier molecular flexibility index (Phi) is 4.86. The first-order valence-electron chi connectivity index (χ1n) is 4.87. The van der Waals surface area contributed by atoms with E-state index >= 15 is 0 Å². The minimum Gasteiger partial charge on any atom is -0.403 e. The van der Waals surface area contributed by atoms with E-state index in [1.807, 2.05) is 0 Å². The predicted molar refractivity (Wildman–Crippen MR) is 57.9 cm³/mol. The number of nitrogens with zero attached hydrogens (tertiary/aromatic N) is 2. The number of pyridine rings is 1. The average Bonchev–Trinajstić information content (AvgIpc) is 2.27. The molecule has 0 saturated heterocycles. The van der Waals surface area contributed by atoms with Crippen LogP contribution in [0.25, 0.3) is 0 Å². The normalized spacial score (nSPS) is 12.1. The Morgan fingerprint density at radius 3 is 2.25 bits per heavy atom. The Morgan fingerprint density at radius 1 is 1.25 bits per heavy atom. The number of halogens is 7. The van der Waals surface area contributed by atoms with Gasteiger partial charge in [0.15, 0.2) is 11.4 Å². The van der Waals surface area contributed by atoms with Gasteiger partial charge in [-0.3, -0.25) is 0 Å². The summed E-state index contributed by atoms with van der Waals surface area (Å²) in [6.45, 7) is 0. The second kappa shape index (κ2) is 5.87. The predicted octanol–water partition coefficient (Wildman–Crippen LogP) is 3.96. The monoisotopic (exact) mass is 362 g/mol. The summed E-state index contributed by atoms with van der Waals surface area (Å²) in [6.07, 6.45) is -10.9. The summed E-state index contributed by atoms with van der Waals surface area (Å²) in [4.78, 5) is 3.03. The highest BCUT2D eigenvalue weighted by Gasteiger charge is 2.42. The summed E-state index contributed by atoms with van der Waals surface area (Å²) in [5.74, 6) is -1.41. The van der Waals surface area contributed by atoms with Gasteiger partial charge in [-0.1, -0.05) is 15.9 Å². The molecular formula is C10H5BrF6N2O. The summed E-state index contributed by atoms with van der Waals surface area (Å²) in [5, 5.41) is 8.12. The summed E-state index contributed by atoms with van der Waals surface area (Å²) in [5.41, 5.74) is -2.49. The van der Waals surface area contributed by atoms with Crippen molar-refractivity contribution < 1.29 is 31.1 Å². The molecule has 20 heavy (non-hydrogen) atoms. The standard InChI is InChI=1S/C10H5BrF6N2O/c11-4-5-3-6(1-2-18)19-8(9(12,13)14)7(5)20-10(15,16)17/h3H,1,4H2. The third kappa shape index (κ3) is 4.26. The minimum atomic E-state index is -5.28. The lowest BCUT2D eigenvalue weighted by molar-refractivity contribution is -0.276. The lowest BCUT2D eigenvalue weighted by Crippen LogP contribution is -2.22. The van der Waals surface area contributed by atoms with E-state index in [9.17, 15) is 26.3 Å². The summed E-state index contributed by atoms with van der Waals surface area (Å²) >= 11 is 2.78. The molecule has 3 nitrogen and oxygen atoms in total. The van der Waals surface area contributed by atoms with Crippen LogP contribution in [0.5, 0.6) is 5.75 Å². The van der Waals surface area contributed by atoms with Crippen molar-refractivity contribution in [1.82, 2.24) is 4.98 Å². The van der Waals surface area contributed by atoms with E-state index in [1.54, 1.807) is 6.07 Å². The van der Waals surface area contributed by atoms with E-state index in [1.165, 1.54) is 0 Å². The fourth-order valence-corrected chi connectivity index (χ4v) is 1.75. The maximum atomic E-state index is 12.8. The van der Waals surface area contributed by atoms with Gasteiger partial charge in [-0.2, -0.15) is 18.4 Å². The molecule has 0 aliphatic heterocycles. The number of rotatable bonds is 3. The van der Waals surface area contributed by atoms with Crippen molar-refractivity contribution in [2.24, 2.45) is 0 Å². The molecule has 0 unspecified atom stereocenters. The molecule has 10 heteroatoms. The van der Waals surface area contributed by atoms with Gasteiger partial charge >= 0.3 is 12.5 Å². The topological polar surface area (TPSA) is 45.9 Å². The summed E-state index contributed by atoms with van der Waals surface area (Å²) in [7, 11) is 0. The van der Waals surface area contributed by atoms with E-state index < -0.39 is 36.0 Å². The van der Waals surface area contributed by atoms with Crippen molar-refractivity contribution in [3.8, 4) is 11.8 Å². The Bertz CT molecular complexity index is 534. The number of hydrogen-bond donors (Lipinski definition) is 0. The first-order valence-corrected chi connectivity index (χ1v) is 5.99. The van der Waals surface area contributed by atoms with Gasteiger partial charge in [0.25, 0.3) is 0 Å². The Balaban J connectivity index is 3.49. The third-order valence-corrected chi connectivity index (χ3v) is 2.60. The molecule has 0 saturated carbocycles. The van der Waals surface area contributed by atoms with E-state index in [-0.39, 0.29) is 11.0 Å². The fourth-order valence-electron chi connectivity index (χ4n) is 1.34. The Morgan fingerprint density at radius 2 is 1.85 bits per heavy atom. The van der Waals surface area contributed by atoms with Gasteiger partial charge in [0.1, 0.15) is 0 Å². The van der Waals surface area contributed by atoms with Crippen LogP contribution in [0.4, 0.5) is 26.3 Å². The van der Waals surface area contributed by atoms with E-state index in [0.717, 1.165) is 6.07 Å². The van der Waals surface area contributed by atoms with Gasteiger partial charge in [0, 0.05) is 10.9 Å². The zero-order valence-electron chi connectivity index (χ0n) is 9.44. The molecule has 1 heterocycles. The zero-order valence-corrected chi connectivity index (χ0v) is 11.0. The van der Waals surface area contributed by atoms with Crippen LogP contribution in [-0.4, -0.2) is 11.3 Å². The van der Waals surface area contributed by atoms with Gasteiger partial charge in [0.05, 0.1) is 18.2 Å². The quantitative estimate of drug-likeness (QED) is 0.603. The maximum absolute atomic E-state index is 12.8. The molecule has 0 radical (unpaired) electrons. The maximum Gasteiger partial charge on any atom is 0.573 e. The van der Waals surface area contributed by atoms with Crippen molar-refractivity contribution in [3.63, 3.8) is 0 Å². The highest BCUT2D eigenvalue weighted by atomic mass is 79.9. The van der Waals surface area contributed by atoms with Crippen LogP contribution in [0.3, 0.4) is 0 Å². The van der Waals surface area contributed by atoms with Gasteiger partial charge in [-0.25, -0.2) is 4.98 Å². The minimum absolute atomic E-state index is 0.288. The van der Waals surface area contributed by atoms with E-state index in [4.69, 9.17) is 5.26 Å². The van der Waals surface area contributed by atoms with Crippen LogP contribution in [0.1, 0.15) is 17.0 Å². The Hall–Kier alpha value is -1.50. The van der Waals surface area contributed by atoms with Crippen molar-refractivity contribution in [2.45, 2.75) is 24.3 Å². The van der Waals surface area contributed by atoms with Crippen molar-refractivity contribution in [3.05, 3.63) is 23.0 Å². The molecule has 0 atom stereocenters. The molecule has 1 aromatic heterocycles. The molecule has 1 rings (SSSR count). The van der Waals surface area contributed by atoms with E-state index in [0.29, 0.717) is 0 Å². The molecule has 0 fully saturated rings. The Labute approximate surface area is 117 Å². The highest BCUT2D eigenvalue weighted by molar-refractivity contribution is 9.08. The third-order valence-electron chi connectivity index (χ3n) is 1.99. The number of aromatic nitrogens is 1. The molecule has 0 aromatic carbocycles. The van der Waals surface area contributed by atoms with Crippen LogP contribution in [0, 0.1) is 11.3 Å². The van der Waals surface area contributed by atoms with Crippen LogP contribution in [-0.2, 0) is 17.9 Å². The molecular weight excluding hydrogens is 358 g/mol. The van der Waals surface area contributed by atoms with Crippen LogP contribution < -0.4 is 4.74 Å². The van der Waals surface area contributed by atoms with Gasteiger partial charge in [0.2, 0.25) is 0 Å². The lowest BCUT2D eigenvalue weighted by atomic mass is 10.1. The SMILES string of the molecule is N#CCc1cc(CBr)c(OC(F)(F)F)c(C(F)(F)F)n1. The molecule has 110 valence electrons. The average molecular weight is 363 g/mol. The van der Waals surface area contributed by atoms with Gasteiger partial charge in [-0.15, -0.1) is 13.2 Å².